The second kappa shape index (κ2) is 4.54. The molecule has 3 aromatic rings. The smallest absolute Gasteiger partial charge is 0.200 e. The number of benzene rings is 2. The Morgan fingerprint density at radius 3 is 2.53 bits per heavy atom. The third kappa shape index (κ3) is 1.84. The standard InChI is InChI=1S/C17H16O2/c1-3-11-9-12(4-2)16-15(10-11)19-14-8-6-5-7-13(14)17(16)18/h5-10H,3-4H2,1-2H3. The summed E-state index contributed by atoms with van der Waals surface area (Å²) in [4.78, 5) is 12.6. The highest BCUT2D eigenvalue weighted by atomic mass is 16.3. The van der Waals surface area contributed by atoms with Gasteiger partial charge in [0.1, 0.15) is 11.2 Å². The highest BCUT2D eigenvalue weighted by molar-refractivity contribution is 5.91. The fourth-order valence-electron chi connectivity index (χ4n) is 2.55. The summed E-state index contributed by atoms with van der Waals surface area (Å²) in [6, 6.07) is 11.5. The van der Waals surface area contributed by atoms with Gasteiger partial charge in [-0.25, -0.2) is 0 Å². The number of fused-ring (bicyclic) bond motifs is 2. The summed E-state index contributed by atoms with van der Waals surface area (Å²) >= 11 is 0. The zero-order valence-electron chi connectivity index (χ0n) is 11.2. The van der Waals surface area contributed by atoms with Crippen LogP contribution >= 0.6 is 0 Å². The van der Waals surface area contributed by atoms with E-state index in [1.165, 1.54) is 5.56 Å². The molecule has 0 fully saturated rings. The summed E-state index contributed by atoms with van der Waals surface area (Å²) < 4.78 is 5.91. The van der Waals surface area contributed by atoms with Gasteiger partial charge in [0, 0.05) is 0 Å². The molecule has 0 bridgehead atoms. The molecule has 0 spiro atoms. The van der Waals surface area contributed by atoms with Crippen molar-refractivity contribution in [3.05, 3.63) is 57.7 Å². The van der Waals surface area contributed by atoms with Gasteiger partial charge in [-0.05, 0) is 42.2 Å². The second-order valence-electron chi connectivity index (χ2n) is 4.76. The van der Waals surface area contributed by atoms with Crippen LogP contribution in [0.25, 0.3) is 21.9 Å². The molecule has 1 aromatic heterocycles. The Hall–Kier alpha value is -2.09. The lowest BCUT2D eigenvalue weighted by atomic mass is 10.0. The third-order valence-electron chi connectivity index (χ3n) is 3.61. The first-order valence-corrected chi connectivity index (χ1v) is 6.72. The Balaban J connectivity index is 2.54. The van der Waals surface area contributed by atoms with Crippen molar-refractivity contribution in [2.75, 3.05) is 0 Å². The van der Waals surface area contributed by atoms with E-state index in [2.05, 4.69) is 19.9 Å². The van der Waals surface area contributed by atoms with Gasteiger partial charge in [0.05, 0.1) is 10.8 Å². The van der Waals surface area contributed by atoms with Gasteiger partial charge in [-0.2, -0.15) is 0 Å². The number of aryl methyl sites for hydroxylation is 2. The maximum Gasteiger partial charge on any atom is 0.200 e. The van der Waals surface area contributed by atoms with Gasteiger partial charge >= 0.3 is 0 Å². The van der Waals surface area contributed by atoms with E-state index >= 15 is 0 Å². The monoisotopic (exact) mass is 252 g/mol. The lowest BCUT2D eigenvalue weighted by Crippen LogP contribution is -2.05. The van der Waals surface area contributed by atoms with E-state index in [9.17, 15) is 4.79 Å². The van der Waals surface area contributed by atoms with Crippen molar-refractivity contribution in [3.63, 3.8) is 0 Å². The van der Waals surface area contributed by atoms with Gasteiger partial charge in [-0.3, -0.25) is 4.79 Å². The molecule has 1 heterocycles. The molecule has 19 heavy (non-hydrogen) atoms. The van der Waals surface area contributed by atoms with Crippen LogP contribution in [-0.4, -0.2) is 0 Å². The molecular weight excluding hydrogens is 236 g/mol. The minimum atomic E-state index is 0.0800. The van der Waals surface area contributed by atoms with Crippen molar-refractivity contribution in [3.8, 4) is 0 Å². The first-order valence-electron chi connectivity index (χ1n) is 6.72. The number of para-hydroxylation sites is 1. The quantitative estimate of drug-likeness (QED) is 0.643. The fraction of sp³-hybridized carbons (Fsp3) is 0.235. The second-order valence-corrected chi connectivity index (χ2v) is 4.76. The minimum Gasteiger partial charge on any atom is -0.456 e. The van der Waals surface area contributed by atoms with E-state index in [0.717, 1.165) is 23.8 Å². The van der Waals surface area contributed by atoms with Crippen LogP contribution in [0.1, 0.15) is 25.0 Å². The van der Waals surface area contributed by atoms with Gasteiger partial charge in [0.2, 0.25) is 5.43 Å². The molecule has 2 aromatic carbocycles. The van der Waals surface area contributed by atoms with Crippen molar-refractivity contribution in [2.45, 2.75) is 26.7 Å². The van der Waals surface area contributed by atoms with Crippen LogP contribution in [0.5, 0.6) is 0 Å². The maximum atomic E-state index is 12.6. The molecule has 96 valence electrons. The molecule has 0 saturated heterocycles. The normalized spacial score (nSPS) is 11.3. The van der Waals surface area contributed by atoms with Gasteiger partial charge in [-0.1, -0.05) is 32.0 Å². The predicted octanol–water partition coefficient (Wildman–Crippen LogP) is 4.07. The summed E-state index contributed by atoms with van der Waals surface area (Å²) in [5, 5.41) is 1.40. The third-order valence-corrected chi connectivity index (χ3v) is 3.61. The van der Waals surface area contributed by atoms with Gasteiger partial charge in [-0.15, -0.1) is 0 Å². The Morgan fingerprint density at radius 2 is 1.79 bits per heavy atom. The van der Waals surface area contributed by atoms with E-state index in [-0.39, 0.29) is 5.43 Å². The molecule has 2 heteroatoms. The molecule has 0 saturated carbocycles. The summed E-state index contributed by atoms with van der Waals surface area (Å²) in [6.07, 6.45) is 1.78. The highest BCUT2D eigenvalue weighted by Crippen LogP contribution is 2.23. The topological polar surface area (TPSA) is 30.2 Å². The fourth-order valence-corrected chi connectivity index (χ4v) is 2.55. The van der Waals surface area contributed by atoms with Gasteiger partial charge < -0.3 is 4.42 Å². The first kappa shape index (κ1) is 12.0. The Bertz CT molecular complexity index is 812. The molecule has 0 N–H and O–H groups in total. The Morgan fingerprint density at radius 1 is 1.00 bits per heavy atom. The molecule has 0 aliphatic heterocycles. The average Bonchev–Trinajstić information content (AvgIpc) is 2.46. The Labute approximate surface area is 111 Å². The predicted molar refractivity (Wildman–Crippen MR) is 78.7 cm³/mol. The van der Waals surface area contributed by atoms with Gasteiger partial charge in [0.15, 0.2) is 0 Å². The molecule has 0 amide bonds. The highest BCUT2D eigenvalue weighted by Gasteiger charge is 2.11. The number of hydrogen-bond donors (Lipinski definition) is 0. The number of hydrogen-bond acceptors (Lipinski definition) is 2. The number of rotatable bonds is 2. The maximum absolute atomic E-state index is 12.6. The van der Waals surface area contributed by atoms with Crippen LogP contribution in [0.4, 0.5) is 0 Å². The van der Waals surface area contributed by atoms with E-state index in [1.807, 2.05) is 30.3 Å². The average molecular weight is 252 g/mol. The zero-order chi connectivity index (χ0) is 13.4. The molecule has 0 radical (unpaired) electrons. The lowest BCUT2D eigenvalue weighted by molar-refractivity contribution is 0.658. The van der Waals surface area contributed by atoms with Crippen LogP contribution < -0.4 is 5.43 Å². The molecule has 0 atom stereocenters. The molecule has 0 aliphatic rings. The Kier molecular flexibility index (Phi) is 2.86. The zero-order valence-corrected chi connectivity index (χ0v) is 11.2. The first-order chi connectivity index (χ1) is 9.24. The largest absolute Gasteiger partial charge is 0.456 e. The lowest BCUT2D eigenvalue weighted by Gasteiger charge is -2.08. The van der Waals surface area contributed by atoms with Crippen LogP contribution in [0.2, 0.25) is 0 Å². The van der Waals surface area contributed by atoms with Crippen LogP contribution in [-0.2, 0) is 12.8 Å². The van der Waals surface area contributed by atoms with Gasteiger partial charge in [0.25, 0.3) is 0 Å². The van der Waals surface area contributed by atoms with Crippen LogP contribution in [0.3, 0.4) is 0 Å². The van der Waals surface area contributed by atoms with Crippen molar-refractivity contribution in [1.82, 2.24) is 0 Å². The van der Waals surface area contributed by atoms with Crippen molar-refractivity contribution >= 4 is 21.9 Å². The molecule has 0 unspecified atom stereocenters. The molecule has 0 aliphatic carbocycles. The summed E-state index contributed by atoms with van der Waals surface area (Å²) in [5.41, 5.74) is 3.74. The SMILES string of the molecule is CCc1cc(CC)c2c(=O)c3ccccc3oc2c1. The molecular formula is C17H16O2. The van der Waals surface area contributed by atoms with E-state index < -0.39 is 0 Å². The molecule has 2 nitrogen and oxygen atoms in total. The van der Waals surface area contributed by atoms with E-state index in [4.69, 9.17) is 4.42 Å². The van der Waals surface area contributed by atoms with Crippen molar-refractivity contribution in [2.24, 2.45) is 0 Å². The molecule has 3 rings (SSSR count). The van der Waals surface area contributed by atoms with Crippen LogP contribution in [0, 0.1) is 0 Å². The summed E-state index contributed by atoms with van der Waals surface area (Å²) in [6.45, 7) is 4.18. The van der Waals surface area contributed by atoms with E-state index in [0.29, 0.717) is 16.6 Å². The summed E-state index contributed by atoms with van der Waals surface area (Å²) in [5.74, 6) is 0. The van der Waals surface area contributed by atoms with Crippen molar-refractivity contribution < 1.29 is 4.42 Å². The van der Waals surface area contributed by atoms with E-state index in [1.54, 1.807) is 0 Å². The van der Waals surface area contributed by atoms with Crippen LogP contribution in [0.15, 0.2) is 45.6 Å². The minimum absolute atomic E-state index is 0.0800. The summed E-state index contributed by atoms with van der Waals surface area (Å²) in [7, 11) is 0. The van der Waals surface area contributed by atoms with Crippen molar-refractivity contribution in [1.29, 1.82) is 0 Å².